The molecule has 2 nitrogen and oxygen atoms in total. The Morgan fingerprint density at radius 2 is 2.00 bits per heavy atom. The van der Waals surface area contributed by atoms with Gasteiger partial charge in [0.2, 0.25) is 0 Å². The summed E-state index contributed by atoms with van der Waals surface area (Å²) >= 11 is 3.31. The topological polar surface area (TPSA) is 25.8 Å². The zero-order valence-electron chi connectivity index (χ0n) is 12.6. The average molecular weight is 324 g/mol. The SMILES string of the molecule is C#CCSc1ncnc2sc(C)c(-c3ccc(CC)cc3)c12. The van der Waals surface area contributed by atoms with E-state index in [0.29, 0.717) is 5.75 Å². The van der Waals surface area contributed by atoms with Crippen molar-refractivity contribution in [2.24, 2.45) is 0 Å². The van der Waals surface area contributed by atoms with Crippen LogP contribution in [0.4, 0.5) is 0 Å². The fourth-order valence-electron chi connectivity index (χ4n) is 2.49. The summed E-state index contributed by atoms with van der Waals surface area (Å²) in [6.45, 7) is 4.31. The lowest BCUT2D eigenvalue weighted by Crippen LogP contribution is -1.88. The molecule has 110 valence electrons. The summed E-state index contributed by atoms with van der Waals surface area (Å²) in [4.78, 5) is 11.2. The molecule has 0 spiro atoms. The third kappa shape index (κ3) is 2.75. The van der Waals surface area contributed by atoms with E-state index in [4.69, 9.17) is 6.42 Å². The summed E-state index contributed by atoms with van der Waals surface area (Å²) in [5.74, 6) is 3.29. The predicted octanol–water partition coefficient (Wildman–Crippen LogP) is 4.95. The van der Waals surface area contributed by atoms with E-state index in [1.807, 2.05) is 0 Å². The minimum atomic E-state index is 0.620. The molecule has 22 heavy (non-hydrogen) atoms. The number of aromatic nitrogens is 2. The van der Waals surface area contributed by atoms with Crippen molar-refractivity contribution in [3.8, 4) is 23.5 Å². The Labute approximate surface area is 139 Å². The smallest absolute Gasteiger partial charge is 0.128 e. The van der Waals surface area contributed by atoms with Gasteiger partial charge < -0.3 is 0 Å². The van der Waals surface area contributed by atoms with Crippen LogP contribution in [0.25, 0.3) is 21.3 Å². The summed E-state index contributed by atoms with van der Waals surface area (Å²) in [6, 6.07) is 8.76. The van der Waals surface area contributed by atoms with E-state index in [1.54, 1.807) is 29.4 Å². The van der Waals surface area contributed by atoms with Crippen molar-refractivity contribution in [2.75, 3.05) is 5.75 Å². The largest absolute Gasteiger partial charge is 0.229 e. The number of nitrogens with zero attached hydrogens (tertiary/aromatic N) is 2. The number of aryl methyl sites for hydroxylation is 2. The molecule has 0 aliphatic carbocycles. The zero-order valence-corrected chi connectivity index (χ0v) is 14.2. The van der Waals surface area contributed by atoms with Crippen LogP contribution >= 0.6 is 23.1 Å². The lowest BCUT2D eigenvalue weighted by atomic mass is 10.0. The van der Waals surface area contributed by atoms with E-state index in [2.05, 4.69) is 54.0 Å². The Balaban J connectivity index is 2.19. The van der Waals surface area contributed by atoms with Crippen LogP contribution in [0, 0.1) is 19.3 Å². The maximum absolute atomic E-state index is 5.40. The molecule has 2 aromatic heterocycles. The first-order valence-electron chi connectivity index (χ1n) is 7.14. The highest BCUT2D eigenvalue weighted by Crippen LogP contribution is 2.41. The molecule has 0 unspecified atom stereocenters. The van der Waals surface area contributed by atoms with Gasteiger partial charge >= 0.3 is 0 Å². The fourth-order valence-corrected chi connectivity index (χ4v) is 4.25. The zero-order chi connectivity index (χ0) is 15.5. The van der Waals surface area contributed by atoms with Gasteiger partial charge in [0.15, 0.2) is 0 Å². The number of hydrogen-bond acceptors (Lipinski definition) is 4. The standard InChI is InChI=1S/C18H16N2S2/c1-4-10-21-17-16-15(12(3)22-18(16)20-11-19-17)14-8-6-13(5-2)7-9-14/h1,6-9,11H,5,10H2,2-3H3. The molecule has 1 aromatic carbocycles. The molecule has 0 aliphatic rings. The van der Waals surface area contributed by atoms with Crippen LogP contribution in [0.15, 0.2) is 35.6 Å². The van der Waals surface area contributed by atoms with Crippen molar-refractivity contribution in [1.29, 1.82) is 0 Å². The quantitative estimate of drug-likeness (QED) is 0.385. The average Bonchev–Trinajstić information content (AvgIpc) is 2.89. The van der Waals surface area contributed by atoms with Crippen molar-refractivity contribution in [3.05, 3.63) is 41.0 Å². The Hall–Kier alpha value is -1.83. The second-order valence-corrected chi connectivity index (χ2v) is 7.10. The first-order chi connectivity index (χ1) is 10.7. The lowest BCUT2D eigenvalue weighted by Gasteiger charge is -2.06. The molecule has 3 rings (SSSR count). The van der Waals surface area contributed by atoms with Crippen LogP contribution in [-0.4, -0.2) is 15.7 Å². The van der Waals surface area contributed by atoms with Gasteiger partial charge in [-0.1, -0.05) is 48.9 Å². The number of terminal acetylenes is 1. The van der Waals surface area contributed by atoms with Gasteiger partial charge in [-0.25, -0.2) is 9.97 Å². The third-order valence-corrected chi connectivity index (χ3v) is 5.48. The van der Waals surface area contributed by atoms with Crippen LogP contribution in [0.3, 0.4) is 0 Å². The number of thiophene rings is 1. The van der Waals surface area contributed by atoms with Crippen molar-refractivity contribution < 1.29 is 0 Å². The van der Waals surface area contributed by atoms with Crippen LogP contribution in [-0.2, 0) is 6.42 Å². The number of thioether (sulfide) groups is 1. The minimum Gasteiger partial charge on any atom is -0.229 e. The van der Waals surface area contributed by atoms with Gasteiger partial charge in [-0.05, 0) is 24.5 Å². The predicted molar refractivity (Wildman–Crippen MR) is 96.5 cm³/mol. The normalized spacial score (nSPS) is 10.8. The molecule has 2 heterocycles. The number of rotatable bonds is 4. The van der Waals surface area contributed by atoms with Gasteiger partial charge in [-0.3, -0.25) is 0 Å². The van der Waals surface area contributed by atoms with Crippen molar-refractivity contribution in [3.63, 3.8) is 0 Å². The molecule has 4 heteroatoms. The van der Waals surface area contributed by atoms with E-state index in [1.165, 1.54) is 21.6 Å². The van der Waals surface area contributed by atoms with Gasteiger partial charge in [-0.2, -0.15) is 0 Å². The third-order valence-electron chi connectivity index (χ3n) is 3.57. The lowest BCUT2D eigenvalue weighted by molar-refractivity contribution is 1.11. The maximum Gasteiger partial charge on any atom is 0.128 e. The first-order valence-corrected chi connectivity index (χ1v) is 8.94. The van der Waals surface area contributed by atoms with E-state index >= 15 is 0 Å². The van der Waals surface area contributed by atoms with Gasteiger partial charge in [0, 0.05) is 10.4 Å². The molecule has 3 aromatic rings. The van der Waals surface area contributed by atoms with Crippen LogP contribution in [0.2, 0.25) is 0 Å². The molecular weight excluding hydrogens is 308 g/mol. The highest BCUT2D eigenvalue weighted by Gasteiger charge is 2.16. The second kappa shape index (κ2) is 6.51. The molecule has 0 radical (unpaired) electrons. The summed E-state index contributed by atoms with van der Waals surface area (Å²) < 4.78 is 0. The summed E-state index contributed by atoms with van der Waals surface area (Å²) in [7, 11) is 0. The molecule has 0 atom stereocenters. The molecule has 0 amide bonds. The summed E-state index contributed by atoms with van der Waals surface area (Å²) in [6.07, 6.45) is 8.07. The molecule has 0 N–H and O–H groups in total. The van der Waals surface area contributed by atoms with Gasteiger partial charge in [0.05, 0.1) is 11.1 Å². The first kappa shape index (κ1) is 15.1. The Kier molecular flexibility index (Phi) is 4.47. The van der Waals surface area contributed by atoms with Gasteiger partial charge in [-0.15, -0.1) is 17.8 Å². The molecule has 0 saturated heterocycles. The number of hydrogen-bond donors (Lipinski definition) is 0. The molecule has 0 bridgehead atoms. The van der Waals surface area contributed by atoms with Gasteiger partial charge in [0.25, 0.3) is 0 Å². The molecule has 0 fully saturated rings. The Morgan fingerprint density at radius 1 is 1.23 bits per heavy atom. The van der Waals surface area contributed by atoms with E-state index < -0.39 is 0 Å². The summed E-state index contributed by atoms with van der Waals surface area (Å²) in [5, 5.41) is 2.11. The summed E-state index contributed by atoms with van der Waals surface area (Å²) in [5.41, 5.74) is 3.81. The van der Waals surface area contributed by atoms with Crippen molar-refractivity contribution >= 4 is 33.3 Å². The van der Waals surface area contributed by atoms with Gasteiger partial charge in [0.1, 0.15) is 16.2 Å². The Morgan fingerprint density at radius 3 is 2.68 bits per heavy atom. The van der Waals surface area contributed by atoms with Crippen molar-refractivity contribution in [2.45, 2.75) is 25.3 Å². The van der Waals surface area contributed by atoms with Crippen molar-refractivity contribution in [1.82, 2.24) is 9.97 Å². The molecule has 0 aliphatic heterocycles. The van der Waals surface area contributed by atoms with Crippen LogP contribution in [0.1, 0.15) is 17.4 Å². The molecule has 0 saturated carbocycles. The van der Waals surface area contributed by atoms with Crippen LogP contribution < -0.4 is 0 Å². The van der Waals surface area contributed by atoms with Crippen LogP contribution in [0.5, 0.6) is 0 Å². The number of benzene rings is 1. The monoisotopic (exact) mass is 324 g/mol. The highest BCUT2D eigenvalue weighted by molar-refractivity contribution is 7.99. The fraction of sp³-hybridized carbons (Fsp3) is 0.222. The molecular formula is C18H16N2S2. The van der Waals surface area contributed by atoms with E-state index in [0.717, 1.165) is 21.7 Å². The second-order valence-electron chi connectivity index (χ2n) is 4.94. The van der Waals surface area contributed by atoms with E-state index in [9.17, 15) is 0 Å². The highest BCUT2D eigenvalue weighted by atomic mass is 32.2. The number of fused-ring (bicyclic) bond motifs is 1. The Bertz CT molecular complexity index is 842. The van der Waals surface area contributed by atoms with E-state index in [-0.39, 0.29) is 0 Å². The minimum absolute atomic E-state index is 0.620. The maximum atomic E-state index is 5.40.